The summed E-state index contributed by atoms with van der Waals surface area (Å²) in [5.74, 6) is -0.239. The second kappa shape index (κ2) is 8.53. The zero-order valence-electron chi connectivity index (χ0n) is 15.3. The van der Waals surface area contributed by atoms with Crippen LogP contribution >= 0.6 is 0 Å². The highest BCUT2D eigenvalue weighted by atomic mass is 16.6. The van der Waals surface area contributed by atoms with Crippen molar-refractivity contribution in [3.05, 3.63) is 58.1 Å². The number of ether oxygens (including phenoxy) is 1. The Labute approximate surface area is 158 Å². The first-order valence-corrected chi connectivity index (χ1v) is 9.16. The number of benzene rings is 2. The average Bonchev–Trinajstić information content (AvgIpc) is 2.69. The molecule has 0 saturated carbocycles. The van der Waals surface area contributed by atoms with Crippen LogP contribution in [0.1, 0.15) is 36.5 Å². The van der Waals surface area contributed by atoms with E-state index in [-0.39, 0.29) is 17.0 Å². The molecule has 2 aromatic rings. The summed E-state index contributed by atoms with van der Waals surface area (Å²) in [6.07, 6.45) is 3.68. The maximum Gasteiger partial charge on any atom is 0.311 e. The zero-order chi connectivity index (χ0) is 19.2. The van der Waals surface area contributed by atoms with Gasteiger partial charge in [0.1, 0.15) is 0 Å². The Kier molecular flexibility index (Phi) is 5.90. The molecule has 2 aromatic carbocycles. The highest BCUT2D eigenvalue weighted by Gasteiger charge is 2.19. The third-order valence-corrected chi connectivity index (χ3v) is 4.56. The van der Waals surface area contributed by atoms with E-state index in [1.807, 2.05) is 24.3 Å². The van der Waals surface area contributed by atoms with Gasteiger partial charge in [0, 0.05) is 36.1 Å². The molecule has 0 unspecified atom stereocenters. The Hall–Kier alpha value is -3.09. The Morgan fingerprint density at radius 2 is 1.85 bits per heavy atom. The lowest BCUT2D eigenvalue weighted by atomic mass is 10.1. The molecule has 0 aromatic heterocycles. The Balaban J connectivity index is 1.71. The number of amides is 1. The van der Waals surface area contributed by atoms with Gasteiger partial charge in [0.05, 0.1) is 11.5 Å². The summed E-state index contributed by atoms with van der Waals surface area (Å²) in [7, 11) is 0. The third kappa shape index (κ3) is 4.55. The van der Waals surface area contributed by atoms with E-state index in [2.05, 4.69) is 10.2 Å². The van der Waals surface area contributed by atoms with Crippen molar-refractivity contribution in [2.24, 2.45) is 0 Å². The Morgan fingerprint density at radius 1 is 1.15 bits per heavy atom. The first-order chi connectivity index (χ1) is 13.1. The minimum Gasteiger partial charge on any atom is -0.487 e. The smallest absolute Gasteiger partial charge is 0.311 e. The van der Waals surface area contributed by atoms with Gasteiger partial charge in [-0.1, -0.05) is 0 Å². The van der Waals surface area contributed by atoms with Crippen LogP contribution in [0.25, 0.3) is 0 Å². The molecular formula is C20H23N3O4. The third-order valence-electron chi connectivity index (χ3n) is 4.56. The molecule has 27 heavy (non-hydrogen) atoms. The number of anilines is 2. The highest BCUT2D eigenvalue weighted by molar-refractivity contribution is 6.04. The van der Waals surface area contributed by atoms with Gasteiger partial charge in [-0.05, 0) is 62.6 Å². The van der Waals surface area contributed by atoms with E-state index in [9.17, 15) is 14.9 Å². The van der Waals surface area contributed by atoms with Gasteiger partial charge in [-0.3, -0.25) is 14.9 Å². The fourth-order valence-corrected chi connectivity index (χ4v) is 3.19. The number of carbonyl (C=O) groups is 1. The standard InChI is InChI=1S/C20H23N3O4/c1-2-27-19-11-6-15(14-18(19)23(25)26)20(24)21-16-7-9-17(10-8-16)22-12-4-3-5-13-22/h6-11,14H,2-5,12-13H2,1H3,(H,21,24). The minimum atomic E-state index is -0.546. The van der Waals surface area contributed by atoms with Gasteiger partial charge < -0.3 is 15.0 Å². The molecule has 1 saturated heterocycles. The summed E-state index contributed by atoms with van der Waals surface area (Å²) >= 11 is 0. The second-order valence-electron chi connectivity index (χ2n) is 6.42. The van der Waals surface area contributed by atoms with Gasteiger partial charge in [-0.2, -0.15) is 0 Å². The summed E-state index contributed by atoms with van der Waals surface area (Å²) in [6, 6.07) is 11.9. The van der Waals surface area contributed by atoms with Gasteiger partial charge >= 0.3 is 5.69 Å². The van der Waals surface area contributed by atoms with Crippen LogP contribution in [0.2, 0.25) is 0 Å². The van der Waals surface area contributed by atoms with Crippen LogP contribution in [0.15, 0.2) is 42.5 Å². The van der Waals surface area contributed by atoms with Gasteiger partial charge in [0.15, 0.2) is 5.75 Å². The first-order valence-electron chi connectivity index (χ1n) is 9.16. The summed E-state index contributed by atoms with van der Waals surface area (Å²) in [5.41, 5.74) is 1.79. The summed E-state index contributed by atoms with van der Waals surface area (Å²) in [4.78, 5) is 25.5. The van der Waals surface area contributed by atoms with E-state index < -0.39 is 10.8 Å². The Morgan fingerprint density at radius 3 is 2.48 bits per heavy atom. The molecule has 1 heterocycles. The molecule has 0 bridgehead atoms. The molecule has 0 atom stereocenters. The molecule has 1 fully saturated rings. The van der Waals surface area contributed by atoms with E-state index in [0.29, 0.717) is 12.3 Å². The van der Waals surface area contributed by atoms with Crippen LogP contribution in [0, 0.1) is 10.1 Å². The maximum absolute atomic E-state index is 12.5. The number of nitro groups is 1. The van der Waals surface area contributed by atoms with Gasteiger partial charge in [-0.15, -0.1) is 0 Å². The van der Waals surface area contributed by atoms with Crippen LogP contribution in [0.3, 0.4) is 0 Å². The van der Waals surface area contributed by atoms with E-state index in [4.69, 9.17) is 4.74 Å². The van der Waals surface area contributed by atoms with Crippen molar-refractivity contribution in [1.82, 2.24) is 0 Å². The fourth-order valence-electron chi connectivity index (χ4n) is 3.19. The largest absolute Gasteiger partial charge is 0.487 e. The lowest BCUT2D eigenvalue weighted by molar-refractivity contribution is -0.385. The average molecular weight is 369 g/mol. The maximum atomic E-state index is 12.5. The number of nitrogens with one attached hydrogen (secondary N) is 1. The SMILES string of the molecule is CCOc1ccc(C(=O)Nc2ccc(N3CCCCC3)cc2)cc1[N+](=O)[O-]. The van der Waals surface area contributed by atoms with Crippen LogP contribution < -0.4 is 15.0 Å². The van der Waals surface area contributed by atoms with Crippen molar-refractivity contribution in [3.63, 3.8) is 0 Å². The fraction of sp³-hybridized carbons (Fsp3) is 0.350. The Bertz CT molecular complexity index is 814. The molecule has 7 nitrogen and oxygen atoms in total. The molecule has 0 spiro atoms. The number of nitro benzene ring substituents is 1. The molecule has 1 aliphatic rings. The molecule has 0 aliphatic carbocycles. The van der Waals surface area contributed by atoms with Crippen LogP contribution in [-0.2, 0) is 0 Å². The van der Waals surface area contributed by atoms with Crippen molar-refractivity contribution in [2.75, 3.05) is 29.9 Å². The van der Waals surface area contributed by atoms with Crippen LogP contribution in [-0.4, -0.2) is 30.5 Å². The predicted octanol–water partition coefficient (Wildman–Crippen LogP) is 4.24. The predicted molar refractivity (Wildman–Crippen MR) is 105 cm³/mol. The van der Waals surface area contributed by atoms with Gasteiger partial charge in [-0.25, -0.2) is 0 Å². The summed E-state index contributed by atoms with van der Waals surface area (Å²) < 4.78 is 5.24. The van der Waals surface area contributed by atoms with Crippen LogP contribution in [0.5, 0.6) is 5.75 Å². The quantitative estimate of drug-likeness (QED) is 0.608. The molecule has 1 N–H and O–H groups in total. The summed E-state index contributed by atoms with van der Waals surface area (Å²) in [5, 5.41) is 14.0. The number of carbonyl (C=O) groups excluding carboxylic acids is 1. The lowest BCUT2D eigenvalue weighted by Crippen LogP contribution is -2.29. The van der Waals surface area contributed by atoms with E-state index >= 15 is 0 Å². The van der Waals surface area contributed by atoms with E-state index in [1.165, 1.54) is 37.5 Å². The number of hydrogen-bond donors (Lipinski definition) is 1. The number of piperidine rings is 1. The number of rotatable bonds is 6. The van der Waals surface area contributed by atoms with Gasteiger partial charge in [0.2, 0.25) is 0 Å². The molecule has 1 aliphatic heterocycles. The van der Waals surface area contributed by atoms with Gasteiger partial charge in [0.25, 0.3) is 5.91 Å². The first kappa shape index (κ1) is 18.7. The highest BCUT2D eigenvalue weighted by Crippen LogP contribution is 2.28. The molecule has 7 heteroatoms. The van der Waals surface area contributed by atoms with Crippen molar-refractivity contribution in [2.45, 2.75) is 26.2 Å². The normalized spacial score (nSPS) is 13.9. The zero-order valence-corrected chi connectivity index (χ0v) is 15.3. The van der Waals surface area contributed by atoms with Crippen molar-refractivity contribution >= 4 is 23.0 Å². The van der Waals surface area contributed by atoms with E-state index in [0.717, 1.165) is 18.8 Å². The summed E-state index contributed by atoms with van der Waals surface area (Å²) in [6.45, 7) is 4.18. The van der Waals surface area contributed by atoms with Crippen molar-refractivity contribution < 1.29 is 14.5 Å². The lowest BCUT2D eigenvalue weighted by Gasteiger charge is -2.28. The second-order valence-corrected chi connectivity index (χ2v) is 6.42. The molecule has 3 rings (SSSR count). The number of hydrogen-bond acceptors (Lipinski definition) is 5. The van der Waals surface area contributed by atoms with Crippen molar-refractivity contribution in [1.29, 1.82) is 0 Å². The molecule has 1 amide bonds. The number of nitrogens with zero attached hydrogens (tertiary/aromatic N) is 2. The van der Waals surface area contributed by atoms with E-state index in [1.54, 1.807) is 6.92 Å². The minimum absolute atomic E-state index is 0.157. The molecular weight excluding hydrogens is 346 g/mol. The molecule has 142 valence electrons. The van der Waals surface area contributed by atoms with Crippen molar-refractivity contribution in [3.8, 4) is 5.75 Å². The molecule has 0 radical (unpaired) electrons. The van der Waals surface area contributed by atoms with Crippen LogP contribution in [0.4, 0.5) is 17.1 Å². The monoisotopic (exact) mass is 369 g/mol. The topological polar surface area (TPSA) is 84.7 Å².